The molecular weight excluding hydrogens is 296 g/mol. The summed E-state index contributed by atoms with van der Waals surface area (Å²) in [5, 5.41) is 0. The molecule has 2 N–H and O–H groups in total. The van der Waals surface area contributed by atoms with Crippen LogP contribution in [0.25, 0.3) is 0 Å². The second-order valence-corrected chi connectivity index (χ2v) is 6.99. The van der Waals surface area contributed by atoms with E-state index in [0.29, 0.717) is 18.0 Å². The van der Waals surface area contributed by atoms with Crippen molar-refractivity contribution >= 4 is 22.4 Å². The number of aryl methyl sites for hydroxylation is 2. The van der Waals surface area contributed by atoms with Gasteiger partial charge >= 0.3 is 0 Å². The smallest absolute Gasteiger partial charge is 0.243 e. The number of nitrogens with two attached hydrogens (primary N) is 1. The molecule has 0 radical (unpaired) electrons. The summed E-state index contributed by atoms with van der Waals surface area (Å²) in [5.41, 5.74) is 8.13. The van der Waals surface area contributed by atoms with Crippen molar-refractivity contribution < 1.29 is 8.42 Å². The number of sulfonamides is 1. The van der Waals surface area contributed by atoms with Gasteiger partial charge in [0.1, 0.15) is 0 Å². The summed E-state index contributed by atoms with van der Waals surface area (Å²) in [5.74, 6) is 0. The Balaban J connectivity index is 0.00000200. The minimum absolute atomic E-state index is 0. The molecule has 1 fully saturated rings. The van der Waals surface area contributed by atoms with Crippen LogP contribution in [0.4, 0.5) is 0 Å². The van der Waals surface area contributed by atoms with Gasteiger partial charge in [0.15, 0.2) is 0 Å². The van der Waals surface area contributed by atoms with Gasteiger partial charge in [-0.15, -0.1) is 12.4 Å². The molecule has 0 unspecified atom stereocenters. The van der Waals surface area contributed by atoms with E-state index in [9.17, 15) is 8.42 Å². The molecule has 0 aromatic heterocycles. The molecule has 0 spiro atoms. The van der Waals surface area contributed by atoms with Crippen molar-refractivity contribution in [3.63, 3.8) is 0 Å². The number of hydrogen-bond donors (Lipinski definition) is 1. The minimum atomic E-state index is -3.38. The van der Waals surface area contributed by atoms with Gasteiger partial charge in [-0.25, -0.2) is 8.42 Å². The molecule has 1 aliphatic heterocycles. The van der Waals surface area contributed by atoms with Gasteiger partial charge in [0.05, 0.1) is 4.90 Å². The third kappa shape index (κ3) is 3.34. The molecular formula is C14H23ClN2O2S. The van der Waals surface area contributed by atoms with Crippen molar-refractivity contribution in [2.24, 2.45) is 5.73 Å². The van der Waals surface area contributed by atoms with Crippen molar-refractivity contribution in [3.8, 4) is 0 Å². The number of halogens is 1. The maximum absolute atomic E-state index is 12.5. The van der Waals surface area contributed by atoms with Crippen LogP contribution in [0.3, 0.4) is 0 Å². The number of rotatable bonds is 4. The van der Waals surface area contributed by atoms with Gasteiger partial charge in [-0.2, -0.15) is 4.31 Å². The van der Waals surface area contributed by atoms with Gasteiger partial charge in [-0.1, -0.05) is 19.9 Å². The Hall–Kier alpha value is -0.620. The Morgan fingerprint density at radius 2 is 1.90 bits per heavy atom. The quantitative estimate of drug-likeness (QED) is 0.923. The normalized spacial score (nSPS) is 19.9. The molecule has 0 aliphatic carbocycles. The molecule has 0 amide bonds. The Bertz CT molecular complexity index is 560. The Morgan fingerprint density at radius 1 is 1.25 bits per heavy atom. The van der Waals surface area contributed by atoms with Crippen LogP contribution in [0.2, 0.25) is 0 Å². The van der Waals surface area contributed by atoms with E-state index in [0.717, 1.165) is 24.8 Å². The van der Waals surface area contributed by atoms with Gasteiger partial charge in [0.2, 0.25) is 10.0 Å². The lowest BCUT2D eigenvalue weighted by atomic mass is 10.0. The highest BCUT2D eigenvalue weighted by atomic mass is 35.5. The van der Waals surface area contributed by atoms with E-state index in [-0.39, 0.29) is 18.4 Å². The Labute approximate surface area is 127 Å². The molecule has 2 rings (SSSR count). The van der Waals surface area contributed by atoms with Crippen molar-refractivity contribution in [3.05, 3.63) is 29.3 Å². The first-order chi connectivity index (χ1) is 8.98. The zero-order chi connectivity index (χ0) is 14.0. The lowest BCUT2D eigenvalue weighted by molar-refractivity contribution is 0.472. The predicted octanol–water partition coefficient (Wildman–Crippen LogP) is 1.95. The van der Waals surface area contributed by atoms with Gasteiger partial charge in [-0.05, 0) is 42.5 Å². The van der Waals surface area contributed by atoms with Gasteiger partial charge in [0.25, 0.3) is 0 Å². The maximum Gasteiger partial charge on any atom is 0.243 e. The minimum Gasteiger partial charge on any atom is -0.326 e. The average molecular weight is 319 g/mol. The van der Waals surface area contributed by atoms with Crippen LogP contribution < -0.4 is 5.73 Å². The third-order valence-corrected chi connectivity index (χ3v) is 5.63. The summed E-state index contributed by atoms with van der Waals surface area (Å²) in [6.45, 7) is 5.10. The largest absolute Gasteiger partial charge is 0.326 e. The van der Waals surface area contributed by atoms with Crippen molar-refractivity contribution in [2.75, 3.05) is 13.1 Å². The molecule has 1 aromatic rings. The second-order valence-electron chi connectivity index (χ2n) is 5.05. The molecule has 0 saturated carbocycles. The van der Waals surface area contributed by atoms with Crippen LogP contribution >= 0.6 is 12.4 Å². The molecule has 1 aromatic carbocycles. The highest BCUT2D eigenvalue weighted by Gasteiger charge is 2.31. The predicted molar refractivity (Wildman–Crippen MR) is 83.8 cm³/mol. The van der Waals surface area contributed by atoms with Crippen molar-refractivity contribution in [2.45, 2.75) is 44.0 Å². The van der Waals surface area contributed by atoms with E-state index in [1.165, 1.54) is 9.87 Å². The van der Waals surface area contributed by atoms with Gasteiger partial charge < -0.3 is 5.73 Å². The molecule has 114 valence electrons. The SMILES string of the molecule is CCc1ccc(S(=O)(=O)N2CC[C@@H](N)C2)cc1CC.Cl. The van der Waals surface area contributed by atoms with Crippen LogP contribution in [0.1, 0.15) is 31.4 Å². The topological polar surface area (TPSA) is 63.4 Å². The number of nitrogens with zero attached hydrogens (tertiary/aromatic N) is 1. The molecule has 6 heteroatoms. The molecule has 0 bridgehead atoms. The first-order valence-corrected chi connectivity index (χ1v) is 8.30. The molecule has 1 heterocycles. The van der Waals surface area contributed by atoms with E-state index in [2.05, 4.69) is 13.8 Å². The van der Waals surface area contributed by atoms with Crippen LogP contribution in [-0.2, 0) is 22.9 Å². The van der Waals surface area contributed by atoms with Crippen LogP contribution in [0, 0.1) is 0 Å². The Morgan fingerprint density at radius 3 is 2.40 bits per heavy atom. The van der Waals surface area contributed by atoms with E-state index >= 15 is 0 Å². The first kappa shape index (κ1) is 17.4. The van der Waals surface area contributed by atoms with E-state index in [1.807, 2.05) is 12.1 Å². The molecule has 4 nitrogen and oxygen atoms in total. The molecule has 1 aliphatic rings. The summed E-state index contributed by atoms with van der Waals surface area (Å²) in [6.07, 6.45) is 2.52. The van der Waals surface area contributed by atoms with Crippen molar-refractivity contribution in [1.82, 2.24) is 4.31 Å². The standard InChI is InChI=1S/C14H22N2O2S.ClH/c1-3-11-5-6-14(9-12(11)4-2)19(17,18)16-8-7-13(15)10-16;/h5-6,9,13H,3-4,7-8,10,15H2,1-2H3;1H/t13-;/m1./s1. The molecule has 1 atom stereocenters. The third-order valence-electron chi connectivity index (χ3n) is 3.76. The monoisotopic (exact) mass is 318 g/mol. The number of benzene rings is 1. The van der Waals surface area contributed by atoms with E-state index < -0.39 is 10.0 Å². The summed E-state index contributed by atoms with van der Waals surface area (Å²) in [7, 11) is -3.38. The lowest BCUT2D eigenvalue weighted by Crippen LogP contribution is -2.32. The van der Waals surface area contributed by atoms with Gasteiger partial charge in [-0.3, -0.25) is 0 Å². The zero-order valence-corrected chi connectivity index (χ0v) is 13.6. The molecule has 20 heavy (non-hydrogen) atoms. The first-order valence-electron chi connectivity index (χ1n) is 6.86. The maximum atomic E-state index is 12.5. The lowest BCUT2D eigenvalue weighted by Gasteiger charge is -2.17. The fourth-order valence-electron chi connectivity index (χ4n) is 2.56. The fourth-order valence-corrected chi connectivity index (χ4v) is 4.12. The Kier molecular flexibility index (Phi) is 6.01. The van der Waals surface area contributed by atoms with Crippen LogP contribution in [-0.4, -0.2) is 31.9 Å². The summed E-state index contributed by atoms with van der Waals surface area (Å²) < 4.78 is 26.5. The second kappa shape index (κ2) is 6.89. The zero-order valence-electron chi connectivity index (χ0n) is 12.0. The average Bonchev–Trinajstić information content (AvgIpc) is 2.85. The number of hydrogen-bond acceptors (Lipinski definition) is 3. The highest BCUT2D eigenvalue weighted by molar-refractivity contribution is 7.89. The summed E-state index contributed by atoms with van der Waals surface area (Å²) in [4.78, 5) is 0.399. The summed E-state index contributed by atoms with van der Waals surface area (Å²) >= 11 is 0. The summed E-state index contributed by atoms with van der Waals surface area (Å²) in [6, 6.07) is 5.44. The van der Waals surface area contributed by atoms with Crippen LogP contribution in [0.5, 0.6) is 0 Å². The van der Waals surface area contributed by atoms with E-state index in [1.54, 1.807) is 6.07 Å². The highest BCUT2D eigenvalue weighted by Crippen LogP contribution is 2.23. The fraction of sp³-hybridized carbons (Fsp3) is 0.571. The van der Waals surface area contributed by atoms with Crippen molar-refractivity contribution in [1.29, 1.82) is 0 Å². The van der Waals surface area contributed by atoms with Gasteiger partial charge in [0, 0.05) is 19.1 Å². The van der Waals surface area contributed by atoms with E-state index in [4.69, 9.17) is 5.73 Å². The van der Waals surface area contributed by atoms with Crippen LogP contribution in [0.15, 0.2) is 23.1 Å². The molecule has 1 saturated heterocycles.